The summed E-state index contributed by atoms with van der Waals surface area (Å²) in [5.74, 6) is 0. The minimum absolute atomic E-state index is 0.418. The van der Waals surface area contributed by atoms with Crippen molar-refractivity contribution in [3.05, 3.63) is 0 Å². The van der Waals surface area contributed by atoms with Crippen LogP contribution in [0.4, 0.5) is 0 Å². The molecule has 0 bridgehead atoms. The maximum Gasteiger partial charge on any atom is 0.0471 e. The molecule has 92 valence electrons. The molecule has 0 unspecified atom stereocenters. The van der Waals surface area contributed by atoms with Gasteiger partial charge < -0.3 is 4.74 Å². The van der Waals surface area contributed by atoms with Gasteiger partial charge in [0.05, 0.1) is 0 Å². The molecular weight excluding hydrogens is 184 g/mol. The smallest absolute Gasteiger partial charge is 0.0471 e. The van der Waals surface area contributed by atoms with E-state index in [-0.39, 0.29) is 0 Å². The van der Waals surface area contributed by atoms with Crippen molar-refractivity contribution in [1.29, 1.82) is 0 Å². The van der Waals surface area contributed by atoms with Gasteiger partial charge in [-0.25, -0.2) is 0 Å². The number of rotatable bonds is 9. The van der Waals surface area contributed by atoms with Crippen molar-refractivity contribution in [2.45, 2.75) is 72.6 Å². The summed E-state index contributed by atoms with van der Waals surface area (Å²) in [5, 5.41) is 0. The lowest BCUT2D eigenvalue weighted by molar-refractivity contribution is 0.105. The highest BCUT2D eigenvalue weighted by Crippen LogP contribution is 2.17. The second-order valence-corrected chi connectivity index (χ2v) is 5.69. The normalized spacial score (nSPS) is 12.0. The third kappa shape index (κ3) is 14.0. The van der Waals surface area contributed by atoms with Crippen LogP contribution >= 0.6 is 0 Å². The first-order valence-electron chi connectivity index (χ1n) is 6.64. The van der Waals surface area contributed by atoms with E-state index in [0.29, 0.717) is 5.41 Å². The summed E-state index contributed by atoms with van der Waals surface area (Å²) in [4.78, 5) is 0. The van der Waals surface area contributed by atoms with Crippen LogP contribution in [-0.2, 0) is 4.74 Å². The molecule has 1 heteroatoms. The van der Waals surface area contributed by atoms with Crippen LogP contribution in [0.1, 0.15) is 72.6 Å². The van der Waals surface area contributed by atoms with E-state index in [9.17, 15) is 0 Å². The standard InChI is InChI=1S/C14H30O/c1-5-6-7-8-9-10-12-15-13-11-14(2,3)4/h5-13H2,1-4H3. The minimum Gasteiger partial charge on any atom is -0.381 e. The first-order chi connectivity index (χ1) is 7.06. The highest BCUT2D eigenvalue weighted by molar-refractivity contribution is 4.59. The molecule has 1 nitrogen and oxygen atoms in total. The molecular formula is C14H30O. The van der Waals surface area contributed by atoms with Crippen molar-refractivity contribution in [1.82, 2.24) is 0 Å². The summed E-state index contributed by atoms with van der Waals surface area (Å²) in [6.07, 6.45) is 9.27. The average Bonchev–Trinajstić information content (AvgIpc) is 2.14. The van der Waals surface area contributed by atoms with Gasteiger partial charge in [0.1, 0.15) is 0 Å². The van der Waals surface area contributed by atoms with E-state index in [0.717, 1.165) is 13.2 Å². The predicted octanol–water partition coefficient (Wildman–Crippen LogP) is 4.80. The lowest BCUT2D eigenvalue weighted by Crippen LogP contribution is -2.09. The molecule has 0 atom stereocenters. The summed E-state index contributed by atoms with van der Waals surface area (Å²) in [5.41, 5.74) is 0.418. The van der Waals surface area contributed by atoms with Crippen molar-refractivity contribution in [3.63, 3.8) is 0 Å². The number of hydrogen-bond donors (Lipinski definition) is 0. The molecule has 0 aromatic heterocycles. The maximum atomic E-state index is 5.62. The lowest BCUT2D eigenvalue weighted by atomic mass is 9.93. The van der Waals surface area contributed by atoms with Gasteiger partial charge in [0.15, 0.2) is 0 Å². The second-order valence-electron chi connectivity index (χ2n) is 5.69. The molecule has 0 N–H and O–H groups in total. The van der Waals surface area contributed by atoms with E-state index in [1.807, 2.05) is 0 Å². The lowest BCUT2D eigenvalue weighted by Gasteiger charge is -2.17. The van der Waals surface area contributed by atoms with E-state index in [2.05, 4.69) is 27.7 Å². The second kappa shape index (κ2) is 9.21. The van der Waals surface area contributed by atoms with Crippen molar-refractivity contribution in [3.8, 4) is 0 Å². The highest BCUT2D eigenvalue weighted by atomic mass is 16.5. The average molecular weight is 214 g/mol. The van der Waals surface area contributed by atoms with Gasteiger partial charge in [-0.15, -0.1) is 0 Å². The van der Waals surface area contributed by atoms with E-state index < -0.39 is 0 Å². The molecule has 0 aliphatic rings. The molecule has 0 amide bonds. The van der Waals surface area contributed by atoms with Gasteiger partial charge in [-0.1, -0.05) is 59.8 Å². The first-order valence-corrected chi connectivity index (χ1v) is 6.64. The topological polar surface area (TPSA) is 9.23 Å². The van der Waals surface area contributed by atoms with Crippen LogP contribution in [0.5, 0.6) is 0 Å². The summed E-state index contributed by atoms with van der Waals surface area (Å²) in [6.45, 7) is 10.9. The fourth-order valence-corrected chi connectivity index (χ4v) is 1.46. The van der Waals surface area contributed by atoms with Crippen LogP contribution < -0.4 is 0 Å². The Balaban J connectivity index is 2.99. The molecule has 0 aromatic carbocycles. The SMILES string of the molecule is CCCCCCCCOCCC(C)(C)C. The third-order valence-corrected chi connectivity index (χ3v) is 2.64. The fraction of sp³-hybridized carbons (Fsp3) is 1.00. The predicted molar refractivity (Wildman–Crippen MR) is 68.3 cm³/mol. The summed E-state index contributed by atoms with van der Waals surface area (Å²) < 4.78 is 5.62. The van der Waals surface area contributed by atoms with Crippen LogP contribution in [0.2, 0.25) is 0 Å². The molecule has 0 aliphatic heterocycles. The van der Waals surface area contributed by atoms with E-state index in [1.165, 1.54) is 44.9 Å². The quantitative estimate of drug-likeness (QED) is 0.501. The van der Waals surface area contributed by atoms with E-state index in [1.54, 1.807) is 0 Å². The fourth-order valence-electron chi connectivity index (χ4n) is 1.46. The van der Waals surface area contributed by atoms with Crippen LogP contribution in [0.3, 0.4) is 0 Å². The van der Waals surface area contributed by atoms with E-state index in [4.69, 9.17) is 4.74 Å². The van der Waals surface area contributed by atoms with Gasteiger partial charge in [-0.2, -0.15) is 0 Å². The van der Waals surface area contributed by atoms with Gasteiger partial charge in [-0.3, -0.25) is 0 Å². The van der Waals surface area contributed by atoms with Crippen LogP contribution in [0.25, 0.3) is 0 Å². The Hall–Kier alpha value is -0.0400. The molecule has 0 fully saturated rings. The maximum absolute atomic E-state index is 5.62. The van der Waals surface area contributed by atoms with Gasteiger partial charge in [0.25, 0.3) is 0 Å². The molecule has 0 heterocycles. The van der Waals surface area contributed by atoms with Crippen molar-refractivity contribution >= 4 is 0 Å². The summed E-state index contributed by atoms with van der Waals surface area (Å²) >= 11 is 0. The Morgan fingerprint density at radius 3 is 2.00 bits per heavy atom. The molecule has 0 aromatic rings. The van der Waals surface area contributed by atoms with Crippen LogP contribution in [0.15, 0.2) is 0 Å². The van der Waals surface area contributed by atoms with Crippen molar-refractivity contribution in [2.24, 2.45) is 5.41 Å². The third-order valence-electron chi connectivity index (χ3n) is 2.64. The zero-order valence-electron chi connectivity index (χ0n) is 11.3. The Kier molecular flexibility index (Phi) is 9.18. The monoisotopic (exact) mass is 214 g/mol. The molecule has 0 radical (unpaired) electrons. The summed E-state index contributed by atoms with van der Waals surface area (Å²) in [6, 6.07) is 0. The number of hydrogen-bond acceptors (Lipinski definition) is 1. The number of ether oxygens (including phenoxy) is 1. The largest absolute Gasteiger partial charge is 0.381 e. The van der Waals surface area contributed by atoms with Gasteiger partial charge >= 0.3 is 0 Å². The van der Waals surface area contributed by atoms with Gasteiger partial charge in [0, 0.05) is 13.2 Å². The van der Waals surface area contributed by atoms with Crippen molar-refractivity contribution in [2.75, 3.05) is 13.2 Å². The molecule has 0 saturated carbocycles. The van der Waals surface area contributed by atoms with Crippen LogP contribution in [0, 0.1) is 5.41 Å². The molecule has 0 aliphatic carbocycles. The molecule has 0 rings (SSSR count). The highest BCUT2D eigenvalue weighted by Gasteiger charge is 2.08. The Morgan fingerprint density at radius 2 is 1.40 bits per heavy atom. The molecule has 0 spiro atoms. The zero-order valence-corrected chi connectivity index (χ0v) is 11.3. The summed E-state index contributed by atoms with van der Waals surface area (Å²) in [7, 11) is 0. The van der Waals surface area contributed by atoms with E-state index >= 15 is 0 Å². The Bertz CT molecular complexity index is 124. The number of unbranched alkanes of at least 4 members (excludes halogenated alkanes) is 5. The first kappa shape index (κ1) is 15.0. The van der Waals surface area contributed by atoms with Crippen molar-refractivity contribution < 1.29 is 4.74 Å². The van der Waals surface area contributed by atoms with Gasteiger partial charge in [-0.05, 0) is 18.3 Å². The zero-order chi connectivity index (χ0) is 11.6. The van der Waals surface area contributed by atoms with Gasteiger partial charge in [0.2, 0.25) is 0 Å². The minimum atomic E-state index is 0.418. The Labute approximate surface area is 96.6 Å². The molecule has 0 saturated heterocycles. The Morgan fingerprint density at radius 1 is 0.800 bits per heavy atom. The molecule has 15 heavy (non-hydrogen) atoms. The van der Waals surface area contributed by atoms with Crippen LogP contribution in [-0.4, -0.2) is 13.2 Å².